The molecule has 10 rings (SSSR count). The van der Waals surface area contributed by atoms with Gasteiger partial charge in [0.05, 0.1) is 22.7 Å². The number of carbonyl (C=O) groups excluding carboxylic acids is 3. The number of benzene rings is 10. The van der Waals surface area contributed by atoms with Crippen LogP contribution in [-0.4, -0.2) is 122 Å². The maximum Gasteiger partial charge on any atom is 0.449 e. The smallest absolute Gasteiger partial charge is 0.444 e. The van der Waals surface area contributed by atoms with E-state index in [9.17, 15) is 211 Å². The van der Waals surface area contributed by atoms with Gasteiger partial charge in [0.25, 0.3) is 33.7 Å². The van der Waals surface area contributed by atoms with Gasteiger partial charge in [-0.3, -0.25) is 25.0 Å². The molecule has 0 atom stereocenters. The van der Waals surface area contributed by atoms with Crippen molar-refractivity contribution in [2.24, 2.45) is 0 Å². The van der Waals surface area contributed by atoms with Crippen LogP contribution in [-0.2, 0) is 48.8 Å². The average molecular weight is 2210 g/mol. The van der Waals surface area contributed by atoms with E-state index in [1.165, 1.54) is 132 Å². The van der Waals surface area contributed by atoms with Crippen LogP contribution in [0, 0.1) is 48.6 Å². The van der Waals surface area contributed by atoms with Gasteiger partial charge in [0.2, 0.25) is 11.7 Å². The lowest BCUT2D eigenvalue weighted by Crippen LogP contribution is -2.54. The van der Waals surface area contributed by atoms with Crippen LogP contribution >= 0.6 is 22.6 Å². The van der Waals surface area contributed by atoms with Gasteiger partial charge in [-0.15, -0.1) is 0 Å². The molecule has 142 heavy (non-hydrogen) atoms. The Hall–Kier alpha value is -12.8. The number of nitro groups is 1. The average Bonchev–Trinajstić information content (AvgIpc) is 0.780. The molecule has 0 saturated heterocycles. The molecular formula is C85H62F39IN6O11. The molecule has 0 bridgehead atoms. The van der Waals surface area contributed by atoms with Gasteiger partial charge in [0.15, 0.2) is 0 Å². The number of amides is 2. The topological polar surface area (TPSA) is 307 Å². The highest BCUT2D eigenvalue weighted by molar-refractivity contribution is 14.1. The van der Waals surface area contributed by atoms with Gasteiger partial charge in [0.1, 0.15) is 40.5 Å². The van der Waals surface area contributed by atoms with Gasteiger partial charge in [-0.25, -0.2) is 31.1 Å². The summed E-state index contributed by atoms with van der Waals surface area (Å²) in [6.45, 7) is 5.45. The zero-order valence-corrected chi connectivity index (χ0v) is 72.6. The van der Waals surface area contributed by atoms with E-state index in [0.29, 0.717) is 61.1 Å². The maximum absolute atomic E-state index is 14.5. The van der Waals surface area contributed by atoms with E-state index in [0.717, 1.165) is 6.07 Å². The van der Waals surface area contributed by atoms with E-state index in [1.54, 1.807) is 32.9 Å². The molecule has 10 aromatic carbocycles. The third-order valence-corrected chi connectivity index (χ3v) is 19.3. The first kappa shape index (κ1) is 122. The maximum atomic E-state index is 14.5. The van der Waals surface area contributed by atoms with E-state index >= 15 is 0 Å². The summed E-state index contributed by atoms with van der Waals surface area (Å²) in [6.07, 6.45) is -66.5. The molecule has 0 aliphatic carbocycles. The lowest BCUT2D eigenvalue weighted by Gasteiger charge is -2.32. The number of nitrogen functional groups attached to an aromatic ring is 3. The molecule has 17 nitrogen and oxygen atoms in total. The number of anilines is 5. The Bertz CT molecular complexity index is 5840. The number of ketones is 1. The van der Waals surface area contributed by atoms with Crippen molar-refractivity contribution in [1.82, 2.24) is 0 Å². The summed E-state index contributed by atoms with van der Waals surface area (Å²) in [5, 5.41) is 61.8. The Morgan fingerprint density at radius 3 is 0.866 bits per heavy atom. The van der Waals surface area contributed by atoms with Crippen molar-refractivity contribution in [3.63, 3.8) is 0 Å². The first-order valence-electron chi connectivity index (χ1n) is 37.4. The summed E-state index contributed by atoms with van der Waals surface area (Å²) in [5.41, 5.74) is -19.7. The van der Waals surface area contributed by atoms with Crippen molar-refractivity contribution in [1.29, 1.82) is 0 Å². The van der Waals surface area contributed by atoms with Gasteiger partial charge in [-0.1, -0.05) is 115 Å². The number of carbonyl (C=O) groups is 3. The van der Waals surface area contributed by atoms with Gasteiger partial charge < -0.3 is 52.8 Å². The molecule has 0 heterocycles. The highest BCUT2D eigenvalue weighted by Crippen LogP contribution is 2.56. The number of nitro benzene ring substituents is 1. The number of nitrogens with one attached hydrogen (secondary N) is 2. The number of hydrogen-bond acceptors (Lipinski definition) is 14. The van der Waals surface area contributed by atoms with Crippen LogP contribution in [0.15, 0.2) is 212 Å². The van der Waals surface area contributed by atoms with Crippen LogP contribution in [0.5, 0.6) is 0 Å². The third kappa shape index (κ3) is 29.2. The standard InChI is InChI=1S/C23H15F7N2O4.C20H18F7NO3.C15H10F7NO.C9H4F7IO.C9H6F7NO.C6H6FN.C3H3F3O/c24-18-12-15(21(34,22(25,26)27)23(28,29)30)7-10-17(18)13-5-8-16(9-6-13)31-20(33)11-14-3-1-2-4-19(14)32(35)36;1-17(2,3)31-16(29)28-13-7-4-11(5-8-13)14-9-6-12(10-15(14)21)18(30,19(22,23)24)20(25,26)27;16-12-7-9(13(24,14(17,18)19)15(20,21)22)3-6-11(12)8-1-4-10(23)5-2-8;2*10-5-3-4(1-2-6(5)17)7(18,8(11,12)13)9(14,15)16;7-5-3-1-2-4-6(5)8;1-2(7)3(4,5)6/h1-10,12,34H,11H2,(H,31,33);4-10,30H,1-3H3,(H,28,29);1-7,24H,23H2;1-3,18H;1-3,18H,17H2;1-4H,8H2;1H3. The fraction of sp³-hybridized carbons (Fsp3) is 0.259. The summed E-state index contributed by atoms with van der Waals surface area (Å²) in [5.74, 6) is -9.68. The van der Waals surface area contributed by atoms with Crippen molar-refractivity contribution < 1.29 is 221 Å². The molecule has 0 fully saturated rings. The quantitative estimate of drug-likeness (QED) is 0.0169. The molecule has 0 spiro atoms. The summed E-state index contributed by atoms with van der Waals surface area (Å²) in [6, 6.07) is 32.5. The van der Waals surface area contributed by atoms with Crippen LogP contribution in [0.2, 0.25) is 0 Å². The number of hydrogen-bond donors (Lipinski definition) is 10. The molecule has 0 aliphatic heterocycles. The van der Waals surface area contributed by atoms with Crippen LogP contribution in [0.3, 0.4) is 0 Å². The third-order valence-electron chi connectivity index (χ3n) is 18.4. The minimum absolute atomic E-state index is 0.0107. The number of nitrogens with two attached hydrogens (primary N) is 3. The normalized spacial score (nSPS) is 12.8. The lowest BCUT2D eigenvalue weighted by atomic mass is 9.90. The van der Waals surface area contributed by atoms with Crippen molar-refractivity contribution in [3.05, 3.63) is 294 Å². The van der Waals surface area contributed by atoms with Gasteiger partial charge in [-0.2, -0.15) is 145 Å². The predicted molar refractivity (Wildman–Crippen MR) is 433 cm³/mol. The number of Topliss-reactive ketones (excluding diaryl/α,β-unsaturated/α-hetero) is 1. The Morgan fingerprint density at radius 2 is 0.606 bits per heavy atom. The lowest BCUT2D eigenvalue weighted by molar-refractivity contribution is -0.385. The van der Waals surface area contributed by atoms with E-state index in [4.69, 9.17) is 32.2 Å². The minimum atomic E-state index is -6.15. The molecule has 13 N–H and O–H groups in total. The second kappa shape index (κ2) is 44.8. The van der Waals surface area contributed by atoms with Crippen LogP contribution < -0.4 is 27.8 Å². The van der Waals surface area contributed by atoms with Crippen LogP contribution in [0.25, 0.3) is 33.4 Å². The zero-order valence-electron chi connectivity index (χ0n) is 70.4. The molecule has 0 aromatic heterocycles. The first-order chi connectivity index (χ1) is 64.0. The van der Waals surface area contributed by atoms with Crippen molar-refractivity contribution in [3.8, 4) is 33.4 Å². The van der Waals surface area contributed by atoms with Gasteiger partial charge in [0, 0.05) is 83.7 Å². The van der Waals surface area contributed by atoms with Gasteiger partial charge in [-0.05, 0) is 151 Å². The number of ether oxygens (including phenoxy) is 1. The molecule has 0 saturated carbocycles. The largest absolute Gasteiger partial charge is 0.449 e. The van der Waals surface area contributed by atoms with Crippen molar-refractivity contribution in [2.45, 2.75) is 136 Å². The molecule has 0 radical (unpaired) electrons. The highest BCUT2D eigenvalue weighted by Gasteiger charge is 2.76. The summed E-state index contributed by atoms with van der Waals surface area (Å²) >= 11 is 1.39. The monoisotopic (exact) mass is 2210 g/mol. The summed E-state index contributed by atoms with van der Waals surface area (Å²) in [4.78, 5) is 43.7. The van der Waals surface area contributed by atoms with Crippen LogP contribution in [0.4, 0.5) is 210 Å². The van der Waals surface area contributed by atoms with E-state index in [-0.39, 0.29) is 114 Å². The molecule has 10 aromatic rings. The second-order valence-electron chi connectivity index (χ2n) is 29.6. The number of aliphatic hydroxyl groups is 5. The SMILES string of the molecule is CC(=O)C(F)(F)F.CC(C)(C)OC(=O)Nc1ccc(-c2ccc(C(O)(C(F)(F)F)C(F)(F)F)cc2F)cc1.Nc1ccc(-c2ccc(C(O)(C(F)(F)F)C(F)(F)F)cc2F)cc1.Nc1ccc(C(O)(C(F)(F)F)C(F)(F)F)cc1F.Nc1ccccc1F.O=C(Cc1ccccc1[N+](=O)[O-])Nc1ccc(-c2ccc(C(O)(C(F)(F)F)C(F)(F)F)cc2F)cc1.OC(c1ccc(I)c(F)c1)(C(F)(F)F)C(F)(F)F. The minimum Gasteiger partial charge on any atom is -0.444 e. The fourth-order valence-electron chi connectivity index (χ4n) is 11.1. The summed E-state index contributed by atoms with van der Waals surface area (Å²) < 4.78 is 500. The Kier molecular flexibility index (Phi) is 38.3. The Balaban J connectivity index is 0.000000363. The number of para-hydroxylation sites is 2. The van der Waals surface area contributed by atoms with Crippen molar-refractivity contribution in [2.75, 3.05) is 27.8 Å². The van der Waals surface area contributed by atoms with Crippen LogP contribution in [0.1, 0.15) is 61.1 Å². The van der Waals surface area contributed by atoms with Gasteiger partial charge >= 0.3 is 74.0 Å². The van der Waals surface area contributed by atoms with E-state index in [2.05, 4.69) is 10.6 Å². The zero-order chi connectivity index (χ0) is 110. The molecule has 0 aliphatic rings. The van der Waals surface area contributed by atoms with E-state index < -0.39 is 187 Å². The Morgan fingerprint density at radius 1 is 0.345 bits per heavy atom. The molecule has 57 heteroatoms. The highest BCUT2D eigenvalue weighted by atomic mass is 127. The fourth-order valence-corrected chi connectivity index (χ4v) is 11.4. The molecular weight excluding hydrogens is 2150 g/mol. The number of alkyl halides is 33. The molecule has 778 valence electrons. The first-order valence-corrected chi connectivity index (χ1v) is 38.5. The van der Waals surface area contributed by atoms with E-state index in [1.807, 2.05) is 0 Å². The molecule has 0 unspecified atom stereocenters. The van der Waals surface area contributed by atoms with Crippen molar-refractivity contribution >= 4 is 74.5 Å². The second-order valence-corrected chi connectivity index (χ2v) is 30.7. The number of rotatable bonds is 13. The summed E-state index contributed by atoms with van der Waals surface area (Å²) in [7, 11) is 0. The Labute approximate surface area is 783 Å². The number of nitrogens with zero attached hydrogens (tertiary/aromatic N) is 1. The number of halogens is 40. The molecule has 2 amide bonds. The predicted octanol–water partition coefficient (Wildman–Crippen LogP) is 25.4.